The van der Waals surface area contributed by atoms with E-state index in [-0.39, 0.29) is 5.91 Å². The maximum Gasteiger partial charge on any atom is 0.343 e. The predicted molar refractivity (Wildman–Crippen MR) is 132 cm³/mol. The Morgan fingerprint density at radius 3 is 2.34 bits per heavy atom. The van der Waals surface area contributed by atoms with Gasteiger partial charge in [0.15, 0.2) is 0 Å². The standard InChI is InChI=1S/C25H23IN2O4/c1-2-3-16-31-20-14-10-19(11-15-20)25(30)32-21-12-8-18(9-13-21)17-27-28-24(29)22-6-4-5-7-23(22)26/h4-15,17H,2-3,16H2,1H3,(H,28,29)/b27-17-. The third kappa shape index (κ3) is 6.91. The number of hydrogen-bond acceptors (Lipinski definition) is 5. The van der Waals surface area contributed by atoms with Gasteiger partial charge < -0.3 is 9.47 Å². The summed E-state index contributed by atoms with van der Waals surface area (Å²) < 4.78 is 11.9. The highest BCUT2D eigenvalue weighted by atomic mass is 127. The largest absolute Gasteiger partial charge is 0.494 e. The third-order valence-electron chi connectivity index (χ3n) is 4.45. The zero-order valence-electron chi connectivity index (χ0n) is 17.6. The molecule has 164 valence electrons. The van der Waals surface area contributed by atoms with E-state index in [2.05, 4.69) is 40.0 Å². The fraction of sp³-hybridized carbons (Fsp3) is 0.160. The van der Waals surface area contributed by atoms with Crippen molar-refractivity contribution in [1.29, 1.82) is 0 Å². The van der Waals surface area contributed by atoms with Gasteiger partial charge in [-0.05, 0) is 95.2 Å². The molecule has 0 unspecified atom stereocenters. The molecule has 0 radical (unpaired) electrons. The van der Waals surface area contributed by atoms with Crippen molar-refractivity contribution in [2.24, 2.45) is 5.10 Å². The lowest BCUT2D eigenvalue weighted by molar-refractivity contribution is 0.0734. The van der Waals surface area contributed by atoms with Crippen LogP contribution in [-0.2, 0) is 0 Å². The summed E-state index contributed by atoms with van der Waals surface area (Å²) in [7, 11) is 0. The molecular formula is C25H23IN2O4. The van der Waals surface area contributed by atoms with E-state index in [4.69, 9.17) is 9.47 Å². The number of nitrogens with one attached hydrogen (secondary N) is 1. The van der Waals surface area contributed by atoms with Crippen molar-refractivity contribution in [3.05, 3.63) is 93.1 Å². The van der Waals surface area contributed by atoms with Crippen LogP contribution in [0.15, 0.2) is 77.9 Å². The first kappa shape index (κ1) is 23.5. The van der Waals surface area contributed by atoms with Crippen LogP contribution in [0.25, 0.3) is 0 Å². The molecule has 0 aromatic heterocycles. The number of hydrazone groups is 1. The molecular weight excluding hydrogens is 519 g/mol. The van der Waals surface area contributed by atoms with Crippen molar-refractivity contribution in [3.63, 3.8) is 0 Å². The van der Waals surface area contributed by atoms with E-state index in [0.29, 0.717) is 23.5 Å². The summed E-state index contributed by atoms with van der Waals surface area (Å²) in [6, 6.07) is 21.0. The molecule has 0 atom stereocenters. The summed E-state index contributed by atoms with van der Waals surface area (Å²) in [5.74, 6) is 0.417. The van der Waals surface area contributed by atoms with E-state index in [1.54, 1.807) is 60.7 Å². The van der Waals surface area contributed by atoms with Gasteiger partial charge in [0.1, 0.15) is 11.5 Å². The highest BCUT2D eigenvalue weighted by Gasteiger charge is 2.09. The number of carbonyl (C=O) groups excluding carboxylic acids is 2. The summed E-state index contributed by atoms with van der Waals surface area (Å²) in [5.41, 5.74) is 4.26. The van der Waals surface area contributed by atoms with E-state index in [0.717, 1.165) is 27.7 Å². The monoisotopic (exact) mass is 542 g/mol. The van der Waals surface area contributed by atoms with Crippen molar-refractivity contribution in [2.45, 2.75) is 19.8 Å². The summed E-state index contributed by atoms with van der Waals surface area (Å²) >= 11 is 2.10. The number of nitrogens with zero attached hydrogens (tertiary/aromatic N) is 1. The number of carbonyl (C=O) groups is 2. The Hall–Kier alpha value is -3.20. The van der Waals surface area contributed by atoms with Crippen molar-refractivity contribution < 1.29 is 19.1 Å². The number of ether oxygens (including phenoxy) is 2. The molecule has 0 bridgehead atoms. The first-order valence-electron chi connectivity index (χ1n) is 10.2. The maximum absolute atomic E-state index is 12.3. The molecule has 3 aromatic carbocycles. The topological polar surface area (TPSA) is 77.0 Å². The molecule has 1 N–H and O–H groups in total. The van der Waals surface area contributed by atoms with Crippen LogP contribution in [0.3, 0.4) is 0 Å². The van der Waals surface area contributed by atoms with E-state index in [1.165, 1.54) is 6.21 Å². The molecule has 0 heterocycles. The molecule has 0 aliphatic rings. The number of rotatable bonds is 9. The molecule has 0 aliphatic heterocycles. The molecule has 1 amide bonds. The average molecular weight is 542 g/mol. The van der Waals surface area contributed by atoms with Crippen LogP contribution in [-0.4, -0.2) is 24.7 Å². The van der Waals surface area contributed by atoms with Gasteiger partial charge in [-0.3, -0.25) is 4.79 Å². The van der Waals surface area contributed by atoms with Gasteiger partial charge in [-0.25, -0.2) is 10.2 Å². The molecule has 6 nitrogen and oxygen atoms in total. The fourth-order valence-electron chi connectivity index (χ4n) is 2.68. The highest BCUT2D eigenvalue weighted by Crippen LogP contribution is 2.17. The second kappa shape index (κ2) is 12.0. The van der Waals surface area contributed by atoms with Crippen LogP contribution in [0, 0.1) is 3.57 Å². The summed E-state index contributed by atoms with van der Waals surface area (Å²) in [4.78, 5) is 24.5. The number of benzene rings is 3. The molecule has 0 saturated carbocycles. The lowest BCUT2D eigenvalue weighted by atomic mass is 10.2. The summed E-state index contributed by atoms with van der Waals surface area (Å²) in [6.07, 6.45) is 3.58. The van der Waals surface area contributed by atoms with Gasteiger partial charge in [0, 0.05) is 3.57 Å². The Morgan fingerprint density at radius 2 is 1.66 bits per heavy atom. The summed E-state index contributed by atoms with van der Waals surface area (Å²) in [6.45, 7) is 2.76. The van der Waals surface area contributed by atoms with Crippen LogP contribution in [0.2, 0.25) is 0 Å². The minimum absolute atomic E-state index is 0.279. The molecule has 3 aromatic rings. The van der Waals surface area contributed by atoms with E-state index >= 15 is 0 Å². The maximum atomic E-state index is 12.3. The lowest BCUT2D eigenvalue weighted by Gasteiger charge is -2.07. The normalized spacial score (nSPS) is 10.7. The smallest absolute Gasteiger partial charge is 0.343 e. The molecule has 0 aliphatic carbocycles. The van der Waals surface area contributed by atoms with Crippen molar-refractivity contribution >= 4 is 40.7 Å². The van der Waals surface area contributed by atoms with Crippen LogP contribution < -0.4 is 14.9 Å². The first-order valence-corrected chi connectivity index (χ1v) is 11.3. The van der Waals surface area contributed by atoms with Gasteiger partial charge in [-0.15, -0.1) is 0 Å². The molecule has 0 spiro atoms. The van der Waals surface area contributed by atoms with E-state index in [1.807, 2.05) is 12.1 Å². The zero-order valence-corrected chi connectivity index (χ0v) is 19.7. The highest BCUT2D eigenvalue weighted by molar-refractivity contribution is 14.1. The Morgan fingerprint density at radius 1 is 0.969 bits per heavy atom. The zero-order chi connectivity index (χ0) is 22.8. The number of amides is 1. The number of unbranched alkanes of at least 4 members (excludes halogenated alkanes) is 1. The van der Waals surface area contributed by atoms with Gasteiger partial charge in [-0.2, -0.15) is 5.10 Å². The average Bonchev–Trinajstić information content (AvgIpc) is 2.81. The molecule has 0 fully saturated rings. The van der Waals surface area contributed by atoms with Gasteiger partial charge in [0.2, 0.25) is 0 Å². The van der Waals surface area contributed by atoms with Crippen molar-refractivity contribution in [1.82, 2.24) is 5.43 Å². The van der Waals surface area contributed by atoms with E-state index in [9.17, 15) is 9.59 Å². The van der Waals surface area contributed by atoms with Crippen LogP contribution in [0.1, 0.15) is 46.0 Å². The SMILES string of the molecule is CCCCOc1ccc(C(=O)Oc2ccc(/C=N\NC(=O)c3ccccc3I)cc2)cc1. The minimum atomic E-state index is -0.448. The minimum Gasteiger partial charge on any atom is -0.494 e. The molecule has 3 rings (SSSR count). The molecule has 7 heteroatoms. The van der Waals surface area contributed by atoms with Gasteiger partial charge in [-0.1, -0.05) is 25.5 Å². The Labute approximate surface area is 200 Å². The van der Waals surface area contributed by atoms with Gasteiger partial charge in [0.25, 0.3) is 5.91 Å². The summed E-state index contributed by atoms with van der Waals surface area (Å²) in [5, 5.41) is 3.98. The van der Waals surface area contributed by atoms with Crippen molar-refractivity contribution in [3.8, 4) is 11.5 Å². The predicted octanol–water partition coefficient (Wildman–Crippen LogP) is 5.45. The second-order valence-electron chi connectivity index (χ2n) is 6.86. The van der Waals surface area contributed by atoms with Crippen LogP contribution in [0.5, 0.6) is 11.5 Å². The lowest BCUT2D eigenvalue weighted by Crippen LogP contribution is -2.18. The number of hydrogen-bond donors (Lipinski definition) is 1. The number of halogens is 1. The quantitative estimate of drug-likeness (QED) is 0.0975. The first-order chi connectivity index (χ1) is 15.6. The Balaban J connectivity index is 1.52. The van der Waals surface area contributed by atoms with Crippen molar-refractivity contribution in [2.75, 3.05) is 6.61 Å². The number of esters is 1. The van der Waals surface area contributed by atoms with Gasteiger partial charge in [0.05, 0.1) is 23.9 Å². The molecule has 32 heavy (non-hydrogen) atoms. The third-order valence-corrected chi connectivity index (χ3v) is 5.39. The van der Waals surface area contributed by atoms with Gasteiger partial charge >= 0.3 is 5.97 Å². The Bertz CT molecular complexity index is 1080. The fourth-order valence-corrected chi connectivity index (χ4v) is 3.31. The second-order valence-corrected chi connectivity index (χ2v) is 8.03. The van der Waals surface area contributed by atoms with E-state index < -0.39 is 5.97 Å². The molecule has 0 saturated heterocycles. The van der Waals surface area contributed by atoms with Crippen LogP contribution in [0.4, 0.5) is 0 Å². The Kier molecular flexibility index (Phi) is 8.79. The van der Waals surface area contributed by atoms with Crippen LogP contribution >= 0.6 is 22.6 Å².